The number of nitrogens with zero attached hydrogens (tertiary/aromatic N) is 2. The van der Waals surface area contributed by atoms with Gasteiger partial charge >= 0.3 is 12.2 Å². The SMILES string of the molecule is COCC(=O)NC(CCC(=O)C=[N+]=[N-])C(=O)O. The molecule has 8 nitrogen and oxygen atoms in total. The van der Waals surface area contributed by atoms with E-state index in [1.54, 1.807) is 0 Å². The summed E-state index contributed by atoms with van der Waals surface area (Å²) in [4.78, 5) is 35.3. The topological polar surface area (TPSA) is 129 Å². The van der Waals surface area contributed by atoms with Gasteiger partial charge in [0.1, 0.15) is 12.6 Å². The second-order valence-corrected chi connectivity index (χ2v) is 3.14. The molecule has 94 valence electrons. The first-order valence-electron chi connectivity index (χ1n) is 4.72. The number of carbonyl (C=O) groups is 3. The fraction of sp³-hybridized carbons (Fsp3) is 0.556. The van der Waals surface area contributed by atoms with Crippen LogP contribution in [0.1, 0.15) is 12.8 Å². The number of ether oxygens (including phenoxy) is 1. The Kier molecular flexibility index (Phi) is 7.16. The molecule has 1 amide bonds. The molecule has 0 aromatic carbocycles. The summed E-state index contributed by atoms with van der Waals surface area (Å²) in [7, 11) is 1.30. The van der Waals surface area contributed by atoms with Gasteiger partial charge in [-0.3, -0.25) is 9.59 Å². The Hall–Kier alpha value is -2.05. The van der Waals surface area contributed by atoms with Crippen LogP contribution in [0.15, 0.2) is 0 Å². The molecule has 17 heavy (non-hydrogen) atoms. The van der Waals surface area contributed by atoms with E-state index in [1.165, 1.54) is 7.11 Å². The molecule has 1 unspecified atom stereocenters. The summed E-state index contributed by atoms with van der Waals surface area (Å²) in [6, 6.07) is -1.17. The molecule has 0 aromatic heterocycles. The van der Waals surface area contributed by atoms with E-state index in [9.17, 15) is 14.4 Å². The van der Waals surface area contributed by atoms with Gasteiger partial charge in [-0.15, -0.1) is 0 Å². The Morgan fingerprint density at radius 2 is 2.18 bits per heavy atom. The Balaban J connectivity index is 4.25. The van der Waals surface area contributed by atoms with E-state index in [-0.39, 0.29) is 19.4 Å². The maximum absolute atomic E-state index is 11.1. The van der Waals surface area contributed by atoms with E-state index in [0.717, 1.165) is 0 Å². The number of hydrogen-bond acceptors (Lipinski definition) is 4. The molecule has 0 aliphatic carbocycles. The van der Waals surface area contributed by atoms with Gasteiger partial charge in [-0.25, -0.2) is 4.79 Å². The van der Waals surface area contributed by atoms with Crippen molar-refractivity contribution in [2.45, 2.75) is 18.9 Å². The predicted molar refractivity (Wildman–Crippen MR) is 55.4 cm³/mol. The fourth-order valence-electron chi connectivity index (χ4n) is 1.04. The molecule has 0 aliphatic heterocycles. The van der Waals surface area contributed by atoms with Crippen LogP contribution in [0, 0.1) is 0 Å². The molecule has 0 aliphatic rings. The van der Waals surface area contributed by atoms with Crippen LogP contribution < -0.4 is 5.32 Å². The highest BCUT2D eigenvalue weighted by Gasteiger charge is 2.21. The first-order chi connectivity index (χ1) is 8.01. The lowest BCUT2D eigenvalue weighted by molar-refractivity contribution is -0.142. The third-order valence-electron chi connectivity index (χ3n) is 1.79. The van der Waals surface area contributed by atoms with Crippen LogP contribution in [0.25, 0.3) is 5.53 Å². The van der Waals surface area contributed by atoms with Gasteiger partial charge in [0.25, 0.3) is 0 Å². The highest BCUT2D eigenvalue weighted by molar-refractivity contribution is 6.25. The summed E-state index contributed by atoms with van der Waals surface area (Å²) in [6.07, 6.45) is 0.444. The van der Waals surface area contributed by atoms with Crippen molar-refractivity contribution in [1.82, 2.24) is 5.32 Å². The average Bonchev–Trinajstić information content (AvgIpc) is 2.24. The number of ketones is 1. The van der Waals surface area contributed by atoms with Crippen molar-refractivity contribution in [3.05, 3.63) is 5.53 Å². The lowest BCUT2D eigenvalue weighted by Gasteiger charge is -2.12. The molecule has 1 atom stereocenters. The van der Waals surface area contributed by atoms with Crippen LogP contribution in [0.3, 0.4) is 0 Å². The smallest absolute Gasteiger partial charge is 0.326 e. The van der Waals surface area contributed by atoms with Crippen LogP contribution in [0.5, 0.6) is 0 Å². The van der Waals surface area contributed by atoms with Gasteiger partial charge in [0, 0.05) is 13.5 Å². The first kappa shape index (κ1) is 14.9. The summed E-state index contributed by atoms with van der Waals surface area (Å²) in [5, 5.41) is 11.0. The van der Waals surface area contributed by atoms with Gasteiger partial charge in [0.2, 0.25) is 11.7 Å². The number of carboxylic acids is 1. The predicted octanol–water partition coefficient (Wildman–Crippen LogP) is -1.15. The number of hydrogen-bond donors (Lipinski definition) is 2. The van der Waals surface area contributed by atoms with Crippen LogP contribution in [-0.2, 0) is 19.1 Å². The molecule has 0 aromatic rings. The number of aliphatic carboxylic acids is 1. The minimum atomic E-state index is -1.25. The minimum absolute atomic E-state index is 0.0877. The second kappa shape index (κ2) is 8.14. The summed E-state index contributed by atoms with van der Waals surface area (Å²) >= 11 is 0. The molecular formula is C9H13N3O5. The number of carbonyl (C=O) groups excluding carboxylic acids is 2. The third-order valence-corrected chi connectivity index (χ3v) is 1.79. The van der Waals surface area contributed by atoms with Gasteiger partial charge in [-0.1, -0.05) is 0 Å². The molecule has 0 fully saturated rings. The highest BCUT2D eigenvalue weighted by atomic mass is 16.5. The largest absolute Gasteiger partial charge is 0.480 e. The molecule has 0 saturated heterocycles. The zero-order valence-corrected chi connectivity index (χ0v) is 9.25. The Morgan fingerprint density at radius 3 is 2.65 bits per heavy atom. The molecule has 0 rings (SSSR count). The van der Waals surface area contributed by atoms with Crippen molar-refractivity contribution in [1.29, 1.82) is 0 Å². The standard InChI is InChI=1S/C9H13N3O5/c1-17-5-8(14)12-7(9(15)16)3-2-6(13)4-11-10/h4,7H,2-3,5H2,1H3,(H,12,14)(H,15,16). The maximum Gasteiger partial charge on any atom is 0.326 e. The normalized spacial score (nSPS) is 11.1. The Morgan fingerprint density at radius 1 is 1.53 bits per heavy atom. The second-order valence-electron chi connectivity index (χ2n) is 3.14. The monoisotopic (exact) mass is 243 g/mol. The molecule has 2 N–H and O–H groups in total. The Bertz CT molecular complexity index is 349. The van der Waals surface area contributed by atoms with Crippen LogP contribution >= 0.6 is 0 Å². The quantitative estimate of drug-likeness (QED) is 0.316. The zero-order chi connectivity index (χ0) is 13.3. The number of carboxylic acid groups (broad SMARTS) is 1. The van der Waals surface area contributed by atoms with Crippen molar-refractivity contribution in [3.8, 4) is 0 Å². The van der Waals surface area contributed by atoms with Crippen LogP contribution in [0.2, 0.25) is 0 Å². The summed E-state index contributed by atoms with van der Waals surface area (Å²) in [5.74, 6) is -2.36. The van der Waals surface area contributed by atoms with Gasteiger partial charge in [0.05, 0.1) is 0 Å². The van der Waals surface area contributed by atoms with Crippen LogP contribution in [-0.4, -0.2) is 53.5 Å². The molecule has 0 heterocycles. The zero-order valence-electron chi connectivity index (χ0n) is 9.25. The Labute approximate surface area is 97.2 Å². The van der Waals surface area contributed by atoms with Crippen molar-refractivity contribution >= 4 is 23.9 Å². The number of nitrogens with one attached hydrogen (secondary N) is 1. The fourth-order valence-corrected chi connectivity index (χ4v) is 1.04. The van der Waals surface area contributed by atoms with E-state index >= 15 is 0 Å². The van der Waals surface area contributed by atoms with E-state index in [2.05, 4.69) is 14.8 Å². The number of methoxy groups -OCH3 is 1. The summed E-state index contributed by atoms with van der Waals surface area (Å²) in [5.41, 5.74) is 8.07. The molecular weight excluding hydrogens is 230 g/mol. The van der Waals surface area contributed by atoms with Crippen molar-refractivity contribution in [3.63, 3.8) is 0 Å². The molecule has 8 heteroatoms. The van der Waals surface area contributed by atoms with Gasteiger partial charge in [-0.05, 0) is 6.42 Å². The van der Waals surface area contributed by atoms with Crippen molar-refractivity contribution in [2.24, 2.45) is 0 Å². The molecule has 0 bridgehead atoms. The lowest BCUT2D eigenvalue weighted by atomic mass is 10.1. The van der Waals surface area contributed by atoms with E-state index in [0.29, 0.717) is 6.21 Å². The van der Waals surface area contributed by atoms with E-state index in [1.807, 2.05) is 0 Å². The van der Waals surface area contributed by atoms with E-state index < -0.39 is 23.7 Å². The van der Waals surface area contributed by atoms with Gasteiger partial charge < -0.3 is 20.7 Å². The van der Waals surface area contributed by atoms with Gasteiger partial charge in [-0.2, -0.15) is 4.79 Å². The third kappa shape index (κ3) is 6.93. The minimum Gasteiger partial charge on any atom is -0.480 e. The highest BCUT2D eigenvalue weighted by Crippen LogP contribution is 1.98. The van der Waals surface area contributed by atoms with E-state index in [4.69, 9.17) is 10.6 Å². The molecule has 0 spiro atoms. The number of Topliss-reactive ketones (excluding diaryl/α,β-unsaturated/α-hetero) is 1. The van der Waals surface area contributed by atoms with Crippen LogP contribution in [0.4, 0.5) is 0 Å². The van der Waals surface area contributed by atoms with Crippen molar-refractivity contribution < 1.29 is 29.0 Å². The lowest BCUT2D eigenvalue weighted by Crippen LogP contribution is -2.42. The molecule has 0 radical (unpaired) electrons. The van der Waals surface area contributed by atoms with Gasteiger partial charge in [0.15, 0.2) is 0 Å². The average molecular weight is 243 g/mol. The van der Waals surface area contributed by atoms with Crippen molar-refractivity contribution in [2.75, 3.05) is 13.7 Å². The summed E-state index contributed by atoms with van der Waals surface area (Å²) in [6.45, 7) is -0.254. The molecule has 0 saturated carbocycles. The summed E-state index contributed by atoms with van der Waals surface area (Å²) < 4.78 is 4.52. The number of rotatable bonds is 8. The first-order valence-corrected chi connectivity index (χ1v) is 4.72. The number of amides is 1. The maximum atomic E-state index is 11.1.